The van der Waals surface area contributed by atoms with Crippen LogP contribution in [0.25, 0.3) is 0 Å². The quantitative estimate of drug-likeness (QED) is 0.847. The lowest BCUT2D eigenvalue weighted by Gasteiger charge is -2.27. The summed E-state index contributed by atoms with van der Waals surface area (Å²) in [5.74, 6) is 0.208. The standard InChI is InChI=1S/C18H22N4O4/c1-4-26-17(23)16-14-11-22(9-8-15(14)21(2)20-16)18(24)19-12-6-5-7-13(10-12)25-3/h5-7,10H,4,8-9,11H2,1-3H3,(H,19,24). The average molecular weight is 358 g/mol. The highest BCUT2D eigenvalue weighted by Crippen LogP contribution is 2.24. The molecule has 1 aliphatic rings. The molecule has 0 unspecified atom stereocenters. The van der Waals surface area contributed by atoms with Crippen molar-refractivity contribution in [3.8, 4) is 5.75 Å². The maximum absolute atomic E-state index is 12.6. The fraction of sp³-hybridized carbons (Fsp3) is 0.389. The van der Waals surface area contributed by atoms with E-state index in [9.17, 15) is 9.59 Å². The van der Waals surface area contributed by atoms with E-state index >= 15 is 0 Å². The summed E-state index contributed by atoms with van der Waals surface area (Å²) in [6, 6.07) is 6.93. The van der Waals surface area contributed by atoms with Crippen molar-refractivity contribution >= 4 is 17.7 Å². The van der Waals surface area contributed by atoms with Crippen LogP contribution >= 0.6 is 0 Å². The van der Waals surface area contributed by atoms with Gasteiger partial charge in [-0.15, -0.1) is 0 Å². The second-order valence-corrected chi connectivity index (χ2v) is 5.95. The lowest BCUT2D eigenvalue weighted by atomic mass is 10.1. The number of aryl methyl sites for hydroxylation is 1. The van der Waals surface area contributed by atoms with Gasteiger partial charge in [-0.05, 0) is 19.1 Å². The number of nitrogens with zero attached hydrogens (tertiary/aromatic N) is 3. The second kappa shape index (κ2) is 7.47. The van der Waals surface area contributed by atoms with Crippen molar-refractivity contribution in [3.05, 3.63) is 41.2 Å². The number of carbonyl (C=O) groups excluding carboxylic acids is 2. The summed E-state index contributed by atoms with van der Waals surface area (Å²) in [5.41, 5.74) is 2.64. The van der Waals surface area contributed by atoms with Gasteiger partial charge in [-0.3, -0.25) is 4.68 Å². The highest BCUT2D eigenvalue weighted by molar-refractivity contribution is 5.91. The van der Waals surface area contributed by atoms with E-state index in [4.69, 9.17) is 9.47 Å². The molecule has 2 amide bonds. The van der Waals surface area contributed by atoms with E-state index in [-0.39, 0.29) is 18.3 Å². The Hall–Kier alpha value is -3.03. The van der Waals surface area contributed by atoms with E-state index < -0.39 is 5.97 Å². The van der Waals surface area contributed by atoms with Gasteiger partial charge in [0.2, 0.25) is 0 Å². The largest absolute Gasteiger partial charge is 0.497 e. The van der Waals surface area contributed by atoms with Crippen LogP contribution < -0.4 is 10.1 Å². The monoisotopic (exact) mass is 358 g/mol. The molecule has 1 aromatic heterocycles. The molecule has 1 aromatic carbocycles. The molecule has 0 saturated heterocycles. The number of aromatic nitrogens is 2. The molecule has 1 N–H and O–H groups in total. The van der Waals surface area contributed by atoms with Gasteiger partial charge in [0.15, 0.2) is 5.69 Å². The Kier molecular flexibility index (Phi) is 5.11. The van der Waals surface area contributed by atoms with Gasteiger partial charge in [-0.2, -0.15) is 5.10 Å². The zero-order valence-corrected chi connectivity index (χ0v) is 15.1. The van der Waals surface area contributed by atoms with Gasteiger partial charge in [0, 0.05) is 43.0 Å². The molecule has 138 valence electrons. The number of hydrogen-bond acceptors (Lipinski definition) is 5. The Labute approximate surface area is 151 Å². The van der Waals surface area contributed by atoms with Crippen molar-refractivity contribution in [3.63, 3.8) is 0 Å². The molecule has 26 heavy (non-hydrogen) atoms. The molecule has 3 rings (SSSR count). The number of nitrogens with one attached hydrogen (secondary N) is 1. The fourth-order valence-electron chi connectivity index (χ4n) is 3.03. The third-order valence-electron chi connectivity index (χ3n) is 4.32. The molecule has 0 radical (unpaired) electrons. The van der Waals surface area contributed by atoms with Crippen LogP contribution in [0.15, 0.2) is 24.3 Å². The molecular weight excluding hydrogens is 336 g/mol. The number of fused-ring (bicyclic) bond motifs is 1. The number of carbonyl (C=O) groups is 2. The molecule has 0 saturated carbocycles. The maximum atomic E-state index is 12.6. The minimum Gasteiger partial charge on any atom is -0.497 e. The second-order valence-electron chi connectivity index (χ2n) is 5.95. The Morgan fingerprint density at radius 2 is 2.15 bits per heavy atom. The Morgan fingerprint density at radius 1 is 1.35 bits per heavy atom. The third-order valence-corrected chi connectivity index (χ3v) is 4.32. The molecule has 2 aromatic rings. The fourth-order valence-corrected chi connectivity index (χ4v) is 3.03. The molecule has 0 fully saturated rings. The summed E-state index contributed by atoms with van der Waals surface area (Å²) < 4.78 is 11.9. The summed E-state index contributed by atoms with van der Waals surface area (Å²) in [4.78, 5) is 26.4. The van der Waals surface area contributed by atoms with Crippen molar-refractivity contribution in [2.24, 2.45) is 7.05 Å². The van der Waals surface area contributed by atoms with Crippen LogP contribution in [0.5, 0.6) is 5.75 Å². The third kappa shape index (κ3) is 3.49. The minimum atomic E-state index is -0.459. The first kappa shape index (κ1) is 17.8. The number of methoxy groups -OCH3 is 1. The van der Waals surface area contributed by atoms with Gasteiger partial charge in [0.25, 0.3) is 0 Å². The average Bonchev–Trinajstić information content (AvgIpc) is 2.98. The Morgan fingerprint density at radius 3 is 2.88 bits per heavy atom. The van der Waals surface area contributed by atoms with E-state index in [1.165, 1.54) is 0 Å². The molecule has 1 aliphatic heterocycles. The number of rotatable bonds is 4. The van der Waals surface area contributed by atoms with Crippen LogP contribution in [0.3, 0.4) is 0 Å². The Bertz CT molecular complexity index is 831. The summed E-state index contributed by atoms with van der Waals surface area (Å²) in [6.45, 7) is 2.89. The Balaban J connectivity index is 1.76. The normalized spacial score (nSPS) is 13.1. The smallest absolute Gasteiger partial charge is 0.359 e. The summed E-state index contributed by atoms with van der Waals surface area (Å²) in [5, 5.41) is 7.14. The molecule has 0 aliphatic carbocycles. The molecule has 8 heteroatoms. The highest BCUT2D eigenvalue weighted by Gasteiger charge is 2.29. The van der Waals surface area contributed by atoms with E-state index in [0.717, 1.165) is 11.3 Å². The molecular formula is C18H22N4O4. The summed E-state index contributed by atoms with van der Waals surface area (Å²) in [7, 11) is 3.37. The number of benzene rings is 1. The summed E-state index contributed by atoms with van der Waals surface area (Å²) >= 11 is 0. The number of anilines is 1. The SMILES string of the molecule is CCOC(=O)c1nn(C)c2c1CN(C(=O)Nc1cccc(OC)c1)CC2. The van der Waals surface area contributed by atoms with Crippen LogP contribution in [0, 0.1) is 0 Å². The van der Waals surface area contributed by atoms with E-state index in [1.807, 2.05) is 12.1 Å². The zero-order chi connectivity index (χ0) is 18.7. The molecule has 8 nitrogen and oxygen atoms in total. The minimum absolute atomic E-state index is 0.234. The lowest BCUT2D eigenvalue weighted by molar-refractivity contribution is 0.0516. The molecule has 2 heterocycles. The van der Waals surface area contributed by atoms with Crippen molar-refractivity contribution in [2.75, 3.05) is 25.6 Å². The van der Waals surface area contributed by atoms with Crippen LogP contribution in [-0.2, 0) is 24.8 Å². The van der Waals surface area contributed by atoms with Crippen molar-refractivity contribution in [1.29, 1.82) is 0 Å². The lowest BCUT2D eigenvalue weighted by Crippen LogP contribution is -2.39. The van der Waals surface area contributed by atoms with Crippen LogP contribution in [0.4, 0.5) is 10.5 Å². The van der Waals surface area contributed by atoms with Crippen molar-refractivity contribution in [1.82, 2.24) is 14.7 Å². The number of amides is 2. The van der Waals surface area contributed by atoms with Gasteiger partial charge in [0.05, 0.1) is 20.3 Å². The molecule has 0 spiro atoms. The van der Waals surface area contributed by atoms with Gasteiger partial charge in [-0.25, -0.2) is 9.59 Å². The van der Waals surface area contributed by atoms with Crippen LogP contribution in [-0.4, -0.2) is 46.9 Å². The summed E-state index contributed by atoms with van der Waals surface area (Å²) in [6.07, 6.45) is 0.629. The van der Waals surface area contributed by atoms with E-state index in [0.29, 0.717) is 30.9 Å². The van der Waals surface area contributed by atoms with E-state index in [1.54, 1.807) is 42.8 Å². The van der Waals surface area contributed by atoms with Gasteiger partial charge < -0.3 is 19.7 Å². The van der Waals surface area contributed by atoms with Gasteiger partial charge in [-0.1, -0.05) is 6.07 Å². The van der Waals surface area contributed by atoms with Crippen molar-refractivity contribution in [2.45, 2.75) is 19.9 Å². The first-order chi connectivity index (χ1) is 12.5. The van der Waals surface area contributed by atoms with Crippen LogP contribution in [0.2, 0.25) is 0 Å². The number of ether oxygens (including phenoxy) is 2. The predicted octanol–water partition coefficient (Wildman–Crippen LogP) is 2.20. The number of urea groups is 1. The van der Waals surface area contributed by atoms with E-state index in [2.05, 4.69) is 10.4 Å². The first-order valence-electron chi connectivity index (χ1n) is 8.45. The first-order valence-corrected chi connectivity index (χ1v) is 8.45. The van der Waals surface area contributed by atoms with Crippen LogP contribution in [0.1, 0.15) is 28.7 Å². The molecule has 0 atom stereocenters. The van der Waals surface area contributed by atoms with Gasteiger partial charge >= 0.3 is 12.0 Å². The zero-order valence-electron chi connectivity index (χ0n) is 15.1. The van der Waals surface area contributed by atoms with Crippen molar-refractivity contribution < 1.29 is 19.1 Å². The maximum Gasteiger partial charge on any atom is 0.359 e. The predicted molar refractivity (Wildman–Crippen MR) is 95.3 cm³/mol. The number of esters is 1. The topological polar surface area (TPSA) is 85.7 Å². The molecule has 0 bridgehead atoms. The highest BCUT2D eigenvalue weighted by atomic mass is 16.5. The van der Waals surface area contributed by atoms with Gasteiger partial charge in [0.1, 0.15) is 5.75 Å². The number of hydrogen-bond donors (Lipinski definition) is 1.